The van der Waals surface area contributed by atoms with Gasteiger partial charge in [-0.1, -0.05) is 6.92 Å². The van der Waals surface area contributed by atoms with Gasteiger partial charge >= 0.3 is 10.1 Å². The molecule has 0 saturated heterocycles. The molecule has 5 nitrogen and oxygen atoms in total. The van der Waals surface area contributed by atoms with E-state index in [4.69, 9.17) is 4.55 Å². The molecule has 0 amide bonds. The van der Waals surface area contributed by atoms with Crippen LogP contribution < -0.4 is 0 Å². The van der Waals surface area contributed by atoms with E-state index in [1.807, 2.05) is 0 Å². The molecule has 0 bridgehead atoms. The molecule has 1 N–H and O–H groups in total. The third-order valence-electron chi connectivity index (χ3n) is 1.04. The van der Waals surface area contributed by atoms with Crippen molar-refractivity contribution in [3.8, 4) is 0 Å². The van der Waals surface area contributed by atoms with Gasteiger partial charge in [-0.3, -0.25) is 4.55 Å². The maximum Gasteiger partial charge on any atom is 0.319 e. The lowest BCUT2D eigenvalue weighted by atomic mass is 10.6. The molecule has 0 aliphatic carbocycles. The van der Waals surface area contributed by atoms with Gasteiger partial charge in [-0.25, -0.2) is 4.21 Å². The van der Waals surface area contributed by atoms with Crippen LogP contribution in [0.3, 0.4) is 0 Å². The Morgan fingerprint density at radius 2 is 2.00 bits per heavy atom. The highest BCUT2D eigenvalue weighted by Crippen LogP contribution is 2.19. The molecule has 1 atom stereocenters. The third kappa shape index (κ3) is 0.947. The largest absolute Gasteiger partial charge is 0.319 e. The summed E-state index contributed by atoms with van der Waals surface area (Å²) in [7, 11) is -7.39. The van der Waals surface area contributed by atoms with Gasteiger partial charge in [0, 0.05) is 0 Å². The molecule has 1 aliphatic heterocycles. The summed E-state index contributed by atoms with van der Waals surface area (Å²) in [5.74, 6) is 0. The maximum absolute atomic E-state index is 10.5. The van der Waals surface area contributed by atoms with E-state index < -0.39 is 24.4 Å². The Morgan fingerprint density at radius 1 is 1.50 bits per heavy atom. The van der Waals surface area contributed by atoms with Crippen molar-refractivity contribution >= 4 is 24.4 Å². The Morgan fingerprint density at radius 3 is 2.10 bits per heavy atom. The summed E-state index contributed by atoms with van der Waals surface area (Å²) >= 11 is 0. The fraction of sp³-hybridized carbons (Fsp3) is 0.667. The summed E-state index contributed by atoms with van der Waals surface area (Å²) in [5, 5.41) is 0. The molecule has 0 aromatic rings. The van der Waals surface area contributed by atoms with E-state index in [1.165, 1.54) is 6.92 Å². The quantitative estimate of drug-likeness (QED) is 0.561. The van der Waals surface area contributed by atoms with E-state index in [0.29, 0.717) is 0 Å². The smallest absolute Gasteiger partial charge is 0.292 e. The molecule has 0 radical (unpaired) electrons. The lowest BCUT2D eigenvalue weighted by Crippen LogP contribution is -2.37. The second-order valence-corrected chi connectivity index (χ2v) is 5.37. The van der Waals surface area contributed by atoms with Gasteiger partial charge in [0.15, 0.2) is 4.20 Å². The fourth-order valence-corrected chi connectivity index (χ4v) is 3.79. The molecule has 60 valence electrons. The highest BCUT2D eigenvalue weighted by molar-refractivity contribution is 8.29. The first-order valence-corrected chi connectivity index (χ1v) is 5.33. The average molecular weight is 186 g/mol. The van der Waals surface area contributed by atoms with Gasteiger partial charge in [0.05, 0.1) is 0 Å². The van der Waals surface area contributed by atoms with Crippen LogP contribution in [0.1, 0.15) is 13.3 Å². The van der Waals surface area contributed by atoms with Crippen LogP contribution in [0.2, 0.25) is 0 Å². The van der Waals surface area contributed by atoms with Gasteiger partial charge in [0.1, 0.15) is 0 Å². The van der Waals surface area contributed by atoms with E-state index in [9.17, 15) is 12.6 Å². The van der Waals surface area contributed by atoms with Gasteiger partial charge in [0.2, 0.25) is 10.1 Å². The summed E-state index contributed by atoms with van der Waals surface area (Å²) in [5.41, 5.74) is 0. The van der Waals surface area contributed by atoms with Crippen molar-refractivity contribution in [3.63, 3.8) is 0 Å². The molecule has 0 aromatic carbocycles. The normalized spacial score (nSPS) is 37.2. The van der Waals surface area contributed by atoms with Crippen LogP contribution in [-0.4, -0.2) is 21.4 Å². The van der Waals surface area contributed by atoms with E-state index in [2.05, 4.69) is 3.63 Å². The molecule has 7 heteroatoms. The fourth-order valence-electron chi connectivity index (χ4n) is 0.661. The van der Waals surface area contributed by atoms with Crippen LogP contribution in [0.15, 0.2) is 0 Å². The van der Waals surface area contributed by atoms with Crippen LogP contribution in [-0.2, 0) is 23.8 Å². The molecule has 0 aromatic heterocycles. The van der Waals surface area contributed by atoms with Gasteiger partial charge in [0.25, 0.3) is 0 Å². The Labute approximate surface area is 59.2 Å². The van der Waals surface area contributed by atoms with Crippen molar-refractivity contribution in [2.45, 2.75) is 13.3 Å². The minimum absolute atomic E-state index is 0.0255. The predicted molar refractivity (Wildman–Crippen MR) is 36.1 cm³/mol. The van der Waals surface area contributed by atoms with Crippen molar-refractivity contribution in [1.29, 1.82) is 0 Å². The zero-order valence-electron chi connectivity index (χ0n) is 5.10. The van der Waals surface area contributed by atoms with Gasteiger partial charge in [-0.15, -0.1) is 3.63 Å². The molecular weight excluding hydrogens is 180 g/mol. The van der Waals surface area contributed by atoms with Crippen LogP contribution in [0.4, 0.5) is 0 Å². The Hall–Kier alpha value is -0.110. The maximum atomic E-state index is 10.5. The Balaban J connectivity index is 3.38. The highest BCUT2D eigenvalue weighted by atomic mass is 32.3. The third-order valence-corrected chi connectivity index (χ3v) is 5.45. The van der Waals surface area contributed by atoms with Crippen molar-refractivity contribution in [3.05, 3.63) is 0 Å². The minimum Gasteiger partial charge on any atom is -0.292 e. The first-order chi connectivity index (χ1) is 4.40. The predicted octanol–water partition coefficient (Wildman–Crippen LogP) is -0.441. The molecule has 0 fully saturated rings. The minimum atomic E-state index is -3.79. The molecule has 1 aliphatic rings. The molecule has 0 spiro atoms. The monoisotopic (exact) mass is 186 g/mol. The van der Waals surface area contributed by atoms with Crippen molar-refractivity contribution < 1.29 is 20.8 Å². The van der Waals surface area contributed by atoms with Crippen molar-refractivity contribution in [2.75, 3.05) is 0 Å². The average Bonchev–Trinajstić information content (AvgIpc) is 1.59. The second kappa shape index (κ2) is 1.94. The standard InChI is InChI=1S/C3H6O5S2/c1-2-3-9(4,5)8-10(3,6)7/h2H2,1H3,(H,4,5). The summed E-state index contributed by atoms with van der Waals surface area (Å²) in [6, 6.07) is 0. The zero-order valence-corrected chi connectivity index (χ0v) is 6.74. The number of hydrogen-bond acceptors (Lipinski definition) is 4. The molecule has 1 unspecified atom stereocenters. The lowest BCUT2D eigenvalue weighted by Gasteiger charge is -2.18. The Bertz CT molecular complexity index is 354. The van der Waals surface area contributed by atoms with Crippen molar-refractivity contribution in [1.82, 2.24) is 0 Å². The molecular formula is C3H6O5S2. The summed E-state index contributed by atoms with van der Waals surface area (Å²) in [4.78, 5) is 0. The summed E-state index contributed by atoms with van der Waals surface area (Å²) < 4.78 is 43.4. The van der Waals surface area contributed by atoms with Crippen molar-refractivity contribution in [2.24, 2.45) is 0 Å². The second-order valence-electron chi connectivity index (χ2n) is 1.72. The SMILES string of the molecule is CCC1=S(=O)(O)OS1(=O)=O. The molecule has 1 rings (SSSR count). The first-order valence-electron chi connectivity index (χ1n) is 2.48. The van der Waals surface area contributed by atoms with Crippen LogP contribution in [0, 0.1) is 0 Å². The lowest BCUT2D eigenvalue weighted by molar-refractivity contribution is 0.434. The number of hydrogen-bond donors (Lipinski definition) is 1. The Kier molecular flexibility index (Phi) is 1.55. The van der Waals surface area contributed by atoms with E-state index >= 15 is 0 Å². The van der Waals surface area contributed by atoms with E-state index in [-0.39, 0.29) is 6.42 Å². The van der Waals surface area contributed by atoms with Gasteiger partial charge < -0.3 is 0 Å². The van der Waals surface area contributed by atoms with Gasteiger partial charge in [-0.05, 0) is 6.42 Å². The van der Waals surface area contributed by atoms with E-state index in [1.54, 1.807) is 0 Å². The number of rotatable bonds is 1. The van der Waals surface area contributed by atoms with E-state index in [0.717, 1.165) is 0 Å². The topological polar surface area (TPSA) is 80.7 Å². The first kappa shape index (κ1) is 7.99. The summed E-state index contributed by atoms with van der Waals surface area (Å²) in [6.45, 7) is 1.48. The summed E-state index contributed by atoms with van der Waals surface area (Å²) in [6.07, 6.45) is 0.0255. The molecule has 10 heavy (non-hydrogen) atoms. The van der Waals surface area contributed by atoms with Crippen LogP contribution in [0.5, 0.6) is 0 Å². The van der Waals surface area contributed by atoms with Crippen LogP contribution in [0.25, 0.3) is 0 Å². The zero-order chi connectivity index (χ0) is 7.99. The highest BCUT2D eigenvalue weighted by Gasteiger charge is 2.40. The van der Waals surface area contributed by atoms with Gasteiger partial charge in [-0.2, -0.15) is 8.42 Å². The molecule has 1 heterocycles. The van der Waals surface area contributed by atoms with Crippen LogP contribution >= 0.6 is 0 Å². The molecule has 0 saturated carbocycles.